The third-order valence-electron chi connectivity index (χ3n) is 2.23. The normalized spacial score (nSPS) is 10.7. The average Bonchev–Trinajstić information content (AvgIpc) is 2.46. The number of aromatic carboxylic acids is 1. The molecule has 0 saturated heterocycles. The number of fused-ring (bicyclic) bond motifs is 1. The predicted molar refractivity (Wildman–Crippen MR) is 56.1 cm³/mol. The van der Waals surface area contributed by atoms with Crippen LogP contribution in [-0.2, 0) is 0 Å². The molecule has 0 unspecified atom stereocenters. The zero-order valence-corrected chi connectivity index (χ0v) is 8.68. The Morgan fingerprint density at radius 3 is 2.79 bits per heavy atom. The molecule has 2 rings (SSSR count). The van der Waals surface area contributed by atoms with Crippen molar-refractivity contribution in [3.63, 3.8) is 0 Å². The van der Waals surface area contributed by atoms with Crippen LogP contribution in [0.5, 0.6) is 0 Å². The molecule has 0 bridgehead atoms. The van der Waals surface area contributed by atoms with Crippen molar-refractivity contribution >= 4 is 27.6 Å². The van der Waals surface area contributed by atoms with Gasteiger partial charge in [0.2, 0.25) is 0 Å². The van der Waals surface area contributed by atoms with Gasteiger partial charge in [-0.05, 0) is 43.1 Å². The summed E-state index contributed by atoms with van der Waals surface area (Å²) in [6.07, 6.45) is 0. The number of hydrogen-bond acceptors (Lipinski definition) is 3. The van der Waals surface area contributed by atoms with Gasteiger partial charge in [-0.2, -0.15) is 4.37 Å². The van der Waals surface area contributed by atoms with Gasteiger partial charge in [0.15, 0.2) is 0 Å². The lowest BCUT2D eigenvalue weighted by Gasteiger charge is -2.00. The Morgan fingerprint density at radius 1 is 1.43 bits per heavy atom. The molecule has 0 spiro atoms. The van der Waals surface area contributed by atoms with Gasteiger partial charge in [0.05, 0.1) is 16.0 Å². The molecule has 1 N–H and O–H groups in total. The summed E-state index contributed by atoms with van der Waals surface area (Å²) in [7, 11) is 0. The Morgan fingerprint density at radius 2 is 2.14 bits per heavy atom. The molecule has 1 heterocycles. The van der Waals surface area contributed by atoms with Crippen LogP contribution in [-0.4, -0.2) is 15.4 Å². The van der Waals surface area contributed by atoms with E-state index >= 15 is 0 Å². The number of carbonyl (C=O) groups is 1. The summed E-state index contributed by atoms with van der Waals surface area (Å²) in [5, 5.41) is 9.88. The van der Waals surface area contributed by atoms with Gasteiger partial charge in [0, 0.05) is 5.39 Å². The van der Waals surface area contributed by atoms with Gasteiger partial charge in [-0.15, -0.1) is 0 Å². The molecule has 0 atom stereocenters. The molecule has 1 aromatic carbocycles. The minimum Gasteiger partial charge on any atom is -0.478 e. The third-order valence-corrected chi connectivity index (χ3v) is 3.13. The van der Waals surface area contributed by atoms with E-state index in [1.807, 2.05) is 13.0 Å². The fourth-order valence-corrected chi connectivity index (χ4v) is 2.31. The first-order valence-corrected chi connectivity index (χ1v) is 4.97. The van der Waals surface area contributed by atoms with Crippen molar-refractivity contribution in [1.29, 1.82) is 0 Å². The molecule has 0 fully saturated rings. The summed E-state index contributed by atoms with van der Waals surface area (Å²) in [5.41, 5.74) is 2.04. The zero-order valence-electron chi connectivity index (χ0n) is 7.87. The van der Waals surface area contributed by atoms with Gasteiger partial charge < -0.3 is 5.11 Å². The van der Waals surface area contributed by atoms with Gasteiger partial charge in [-0.25, -0.2) is 4.79 Å². The first kappa shape index (κ1) is 9.15. The van der Waals surface area contributed by atoms with Gasteiger partial charge in [-0.1, -0.05) is 0 Å². The van der Waals surface area contributed by atoms with Gasteiger partial charge in [0.25, 0.3) is 0 Å². The van der Waals surface area contributed by atoms with E-state index in [4.69, 9.17) is 5.11 Å². The molecule has 0 saturated carbocycles. The maximum atomic E-state index is 10.9. The van der Waals surface area contributed by atoms with Crippen molar-refractivity contribution in [3.05, 3.63) is 29.0 Å². The van der Waals surface area contributed by atoms with Crippen LogP contribution in [0.3, 0.4) is 0 Å². The van der Waals surface area contributed by atoms with Gasteiger partial charge in [-0.3, -0.25) is 0 Å². The van der Waals surface area contributed by atoms with Crippen molar-refractivity contribution in [3.8, 4) is 0 Å². The second kappa shape index (κ2) is 3.06. The highest BCUT2D eigenvalue weighted by Crippen LogP contribution is 2.25. The highest BCUT2D eigenvalue weighted by molar-refractivity contribution is 7.13. The summed E-state index contributed by atoms with van der Waals surface area (Å²) >= 11 is 1.41. The SMILES string of the molecule is Cc1cc2snc(C)c2cc1C(=O)O. The van der Waals surface area contributed by atoms with Crippen LogP contribution >= 0.6 is 11.5 Å². The Balaban J connectivity index is 2.80. The predicted octanol–water partition coefficient (Wildman–Crippen LogP) is 2.61. The molecule has 14 heavy (non-hydrogen) atoms. The molecule has 0 aliphatic rings. The van der Waals surface area contributed by atoms with Crippen molar-refractivity contribution in [2.24, 2.45) is 0 Å². The molecular formula is C10H9NO2S. The fraction of sp³-hybridized carbons (Fsp3) is 0.200. The summed E-state index contributed by atoms with van der Waals surface area (Å²) in [4.78, 5) is 10.9. The summed E-state index contributed by atoms with van der Waals surface area (Å²) in [6, 6.07) is 3.58. The lowest BCUT2D eigenvalue weighted by Crippen LogP contribution is -1.98. The molecule has 2 aromatic rings. The number of hydrogen-bond donors (Lipinski definition) is 1. The smallest absolute Gasteiger partial charge is 0.335 e. The summed E-state index contributed by atoms with van der Waals surface area (Å²) in [5.74, 6) is -0.880. The topological polar surface area (TPSA) is 50.2 Å². The number of carboxylic acids is 1. The molecular weight excluding hydrogens is 198 g/mol. The Bertz CT molecular complexity index is 516. The first-order valence-electron chi connectivity index (χ1n) is 4.19. The van der Waals surface area contributed by atoms with Crippen LogP contribution in [0.2, 0.25) is 0 Å². The number of benzene rings is 1. The number of aromatic nitrogens is 1. The van der Waals surface area contributed by atoms with Crippen molar-refractivity contribution in [2.45, 2.75) is 13.8 Å². The van der Waals surface area contributed by atoms with Crippen molar-refractivity contribution in [1.82, 2.24) is 4.37 Å². The van der Waals surface area contributed by atoms with E-state index in [2.05, 4.69) is 4.37 Å². The first-order chi connectivity index (χ1) is 6.59. The Kier molecular flexibility index (Phi) is 2.00. The van der Waals surface area contributed by atoms with Crippen molar-refractivity contribution in [2.75, 3.05) is 0 Å². The maximum absolute atomic E-state index is 10.9. The van der Waals surface area contributed by atoms with E-state index in [0.29, 0.717) is 5.56 Å². The second-order valence-electron chi connectivity index (χ2n) is 3.24. The summed E-state index contributed by atoms with van der Waals surface area (Å²) in [6.45, 7) is 3.69. The molecule has 4 heteroatoms. The van der Waals surface area contributed by atoms with Crippen LogP contribution in [0, 0.1) is 13.8 Å². The Labute approximate surface area is 85.2 Å². The molecule has 0 amide bonds. The standard InChI is InChI=1S/C10H9NO2S/c1-5-3-9-8(6(2)11-14-9)4-7(5)10(12)13/h3-4H,1-2H3,(H,12,13). The number of rotatable bonds is 1. The van der Waals surface area contributed by atoms with Crippen LogP contribution in [0.4, 0.5) is 0 Å². The van der Waals surface area contributed by atoms with E-state index in [9.17, 15) is 4.79 Å². The highest BCUT2D eigenvalue weighted by Gasteiger charge is 2.10. The van der Waals surface area contributed by atoms with Gasteiger partial charge >= 0.3 is 5.97 Å². The lowest BCUT2D eigenvalue weighted by molar-refractivity contribution is 0.0696. The molecule has 3 nitrogen and oxygen atoms in total. The molecule has 1 aromatic heterocycles. The molecule has 72 valence electrons. The zero-order chi connectivity index (χ0) is 10.3. The molecule has 0 aliphatic carbocycles. The quantitative estimate of drug-likeness (QED) is 0.782. The van der Waals surface area contributed by atoms with Crippen LogP contribution in [0.25, 0.3) is 10.1 Å². The van der Waals surface area contributed by atoms with E-state index in [1.165, 1.54) is 11.5 Å². The highest BCUT2D eigenvalue weighted by atomic mass is 32.1. The molecule has 0 radical (unpaired) electrons. The monoisotopic (exact) mass is 207 g/mol. The second-order valence-corrected chi connectivity index (χ2v) is 4.04. The maximum Gasteiger partial charge on any atom is 0.335 e. The van der Waals surface area contributed by atoms with E-state index in [1.54, 1.807) is 13.0 Å². The minimum atomic E-state index is -0.880. The third kappa shape index (κ3) is 1.28. The van der Waals surface area contributed by atoms with E-state index in [0.717, 1.165) is 21.3 Å². The number of aryl methyl sites for hydroxylation is 2. The van der Waals surface area contributed by atoms with Crippen LogP contribution < -0.4 is 0 Å². The van der Waals surface area contributed by atoms with E-state index < -0.39 is 5.97 Å². The lowest BCUT2D eigenvalue weighted by atomic mass is 10.1. The van der Waals surface area contributed by atoms with Crippen LogP contribution in [0.15, 0.2) is 12.1 Å². The summed E-state index contributed by atoms with van der Waals surface area (Å²) < 4.78 is 5.23. The fourth-order valence-electron chi connectivity index (χ4n) is 1.44. The van der Waals surface area contributed by atoms with Crippen LogP contribution in [0.1, 0.15) is 21.6 Å². The molecule has 0 aliphatic heterocycles. The van der Waals surface area contributed by atoms with Gasteiger partial charge in [0.1, 0.15) is 0 Å². The Hall–Kier alpha value is -1.42. The van der Waals surface area contributed by atoms with E-state index in [-0.39, 0.29) is 0 Å². The number of carboxylic acid groups (broad SMARTS) is 1. The van der Waals surface area contributed by atoms with Crippen molar-refractivity contribution < 1.29 is 9.90 Å². The number of nitrogens with zero attached hydrogens (tertiary/aromatic N) is 1. The minimum absolute atomic E-state index is 0.362. The largest absolute Gasteiger partial charge is 0.478 e. The average molecular weight is 207 g/mol.